The second kappa shape index (κ2) is 6.51. The molecule has 0 unspecified atom stereocenters. The first-order valence-electron chi connectivity index (χ1n) is 10.3. The summed E-state index contributed by atoms with van der Waals surface area (Å²) in [6.07, 6.45) is -3.84. The number of phenolic OH excluding ortho intramolecular Hbond substituents is 1. The van der Waals surface area contributed by atoms with Gasteiger partial charge in [-0.3, -0.25) is 4.79 Å². The number of aliphatic carboxylic acids is 1. The molecule has 2 N–H and O–H groups in total. The van der Waals surface area contributed by atoms with Crippen LogP contribution in [0.15, 0.2) is 42.5 Å². The molecule has 3 aromatic rings. The first-order chi connectivity index (χ1) is 15.0. The van der Waals surface area contributed by atoms with Gasteiger partial charge < -0.3 is 19.5 Å². The summed E-state index contributed by atoms with van der Waals surface area (Å²) in [4.78, 5) is 11.8. The van der Waals surface area contributed by atoms with Gasteiger partial charge in [0.25, 0.3) is 6.43 Å². The van der Waals surface area contributed by atoms with Crippen LogP contribution in [0.2, 0.25) is 0 Å². The third-order valence-corrected chi connectivity index (χ3v) is 6.91. The zero-order chi connectivity index (χ0) is 23.1. The monoisotopic (exact) mass is 445 g/mol. The van der Waals surface area contributed by atoms with E-state index in [2.05, 4.69) is 0 Å². The number of ether oxygens (including phenoxy) is 1. The minimum atomic E-state index is -3.05. The van der Waals surface area contributed by atoms with E-state index in [1.165, 1.54) is 18.2 Å². The van der Waals surface area contributed by atoms with Gasteiger partial charge in [0.2, 0.25) is 0 Å². The number of halogens is 3. The van der Waals surface area contributed by atoms with Crippen LogP contribution in [-0.2, 0) is 20.5 Å². The Bertz CT molecular complexity index is 1240. The number of hydrogen-bond acceptors (Lipinski definition) is 3. The molecule has 0 saturated heterocycles. The van der Waals surface area contributed by atoms with E-state index in [1.807, 2.05) is 18.4 Å². The molecule has 8 heteroatoms. The lowest BCUT2D eigenvalue weighted by molar-refractivity contribution is -0.237. The van der Waals surface area contributed by atoms with Crippen LogP contribution < -0.4 is 0 Å². The molecule has 1 aromatic heterocycles. The zero-order valence-corrected chi connectivity index (χ0v) is 17.5. The predicted octanol–water partition coefficient (Wildman–Crippen LogP) is 5.11. The highest BCUT2D eigenvalue weighted by Gasteiger charge is 2.68. The molecule has 0 atom stereocenters. The molecule has 5 nitrogen and oxygen atoms in total. The van der Waals surface area contributed by atoms with Crippen LogP contribution in [0.25, 0.3) is 16.6 Å². The molecule has 1 saturated carbocycles. The van der Waals surface area contributed by atoms with Crippen molar-refractivity contribution in [2.45, 2.75) is 44.1 Å². The van der Waals surface area contributed by atoms with Gasteiger partial charge in [-0.1, -0.05) is 19.9 Å². The van der Waals surface area contributed by atoms with E-state index in [-0.39, 0.29) is 12.4 Å². The van der Waals surface area contributed by atoms with Crippen LogP contribution in [0.5, 0.6) is 5.75 Å². The number of aromatic hydroxyl groups is 1. The van der Waals surface area contributed by atoms with Crippen LogP contribution in [0.1, 0.15) is 37.9 Å². The highest BCUT2D eigenvalue weighted by Crippen LogP contribution is 2.64. The lowest BCUT2D eigenvalue weighted by atomic mass is 9.54. The number of carboxylic acids is 1. The van der Waals surface area contributed by atoms with Crippen molar-refractivity contribution in [1.29, 1.82) is 0 Å². The Morgan fingerprint density at radius 2 is 1.78 bits per heavy atom. The van der Waals surface area contributed by atoms with E-state index in [9.17, 15) is 28.2 Å². The summed E-state index contributed by atoms with van der Waals surface area (Å²) in [5.41, 5.74) is -1.53. The molecule has 0 bridgehead atoms. The van der Waals surface area contributed by atoms with Gasteiger partial charge >= 0.3 is 5.97 Å². The van der Waals surface area contributed by atoms with Gasteiger partial charge in [-0.15, -0.1) is 0 Å². The smallest absolute Gasteiger partial charge is 0.315 e. The quantitative estimate of drug-likeness (QED) is 0.588. The fourth-order valence-electron chi connectivity index (χ4n) is 5.37. The molecule has 0 amide bonds. The normalized spacial score (nSPS) is 26.3. The molecule has 2 heterocycles. The van der Waals surface area contributed by atoms with Gasteiger partial charge in [0, 0.05) is 40.6 Å². The highest BCUT2D eigenvalue weighted by atomic mass is 19.3. The molecule has 0 radical (unpaired) electrons. The summed E-state index contributed by atoms with van der Waals surface area (Å²) in [5.74, 6) is -2.01. The molecule has 168 valence electrons. The van der Waals surface area contributed by atoms with Crippen molar-refractivity contribution < 1.29 is 32.9 Å². The standard InChI is InChI=1S/C24H22F3NO4/c1-22(2)12-32-24(10-23(11-24,20(26)27)21(30)31)18-17-15(4-3-5-16(17)29)28(19(18)22)14-8-6-13(25)7-9-14/h3-9,20,29H,10-12H2,1-2H3,(H,30,31)/t23-,24+. The summed E-state index contributed by atoms with van der Waals surface area (Å²) in [6, 6.07) is 10.8. The van der Waals surface area contributed by atoms with Crippen molar-refractivity contribution in [2.24, 2.45) is 5.41 Å². The molecule has 2 aromatic carbocycles. The average molecular weight is 445 g/mol. The van der Waals surface area contributed by atoms with Crippen LogP contribution in [0.3, 0.4) is 0 Å². The number of carbonyl (C=O) groups is 1. The summed E-state index contributed by atoms with van der Waals surface area (Å²) < 4.78 is 49.3. The third kappa shape index (κ3) is 2.59. The van der Waals surface area contributed by atoms with Crippen molar-refractivity contribution >= 4 is 16.9 Å². The first kappa shape index (κ1) is 20.9. The van der Waals surface area contributed by atoms with E-state index in [0.717, 1.165) is 5.69 Å². The summed E-state index contributed by atoms with van der Waals surface area (Å²) in [7, 11) is 0. The highest BCUT2D eigenvalue weighted by molar-refractivity contribution is 5.94. The van der Waals surface area contributed by atoms with E-state index in [4.69, 9.17) is 4.74 Å². The van der Waals surface area contributed by atoms with Crippen LogP contribution in [0.4, 0.5) is 13.2 Å². The molecular weight excluding hydrogens is 423 g/mol. The largest absolute Gasteiger partial charge is 0.507 e. The first-order valence-corrected chi connectivity index (χ1v) is 10.3. The molecular formula is C24H22F3NO4. The molecule has 1 aliphatic carbocycles. The van der Waals surface area contributed by atoms with Gasteiger partial charge in [-0.25, -0.2) is 13.2 Å². The van der Waals surface area contributed by atoms with Gasteiger partial charge in [0.1, 0.15) is 17.0 Å². The average Bonchev–Trinajstić information content (AvgIpc) is 3.05. The second-order valence-corrected chi connectivity index (χ2v) is 9.49. The van der Waals surface area contributed by atoms with Gasteiger partial charge in [0.15, 0.2) is 0 Å². The molecule has 1 fully saturated rings. The second-order valence-electron chi connectivity index (χ2n) is 9.49. The predicted molar refractivity (Wildman–Crippen MR) is 111 cm³/mol. The fourth-order valence-corrected chi connectivity index (χ4v) is 5.37. The number of hydrogen-bond donors (Lipinski definition) is 2. The fraction of sp³-hybridized carbons (Fsp3) is 0.375. The number of aromatic nitrogens is 1. The number of benzene rings is 2. The summed E-state index contributed by atoms with van der Waals surface area (Å²) in [6.45, 7) is 4.05. The Balaban J connectivity index is 1.83. The van der Waals surface area contributed by atoms with E-state index in [1.54, 1.807) is 24.3 Å². The molecule has 1 aliphatic heterocycles. The van der Waals surface area contributed by atoms with Gasteiger partial charge in [-0.05, 0) is 36.4 Å². The van der Waals surface area contributed by atoms with Gasteiger partial charge in [-0.2, -0.15) is 0 Å². The van der Waals surface area contributed by atoms with Crippen LogP contribution in [0, 0.1) is 11.2 Å². The lowest BCUT2D eigenvalue weighted by Gasteiger charge is -2.56. The lowest BCUT2D eigenvalue weighted by Crippen LogP contribution is -2.61. The number of phenols is 1. The SMILES string of the molecule is CC1(C)CO[C@]2(C[C@](C(=O)O)(C(F)F)C2)c2c1n(-c1ccc(F)cc1)c1cccc(O)c12. The molecule has 1 spiro atoms. The molecule has 5 rings (SSSR count). The van der Waals surface area contributed by atoms with Crippen molar-refractivity contribution in [2.75, 3.05) is 6.61 Å². The van der Waals surface area contributed by atoms with E-state index >= 15 is 0 Å². The third-order valence-electron chi connectivity index (χ3n) is 6.91. The van der Waals surface area contributed by atoms with Crippen molar-refractivity contribution in [3.63, 3.8) is 0 Å². The Kier molecular flexibility index (Phi) is 4.25. The Labute approximate surface area is 182 Å². The maximum atomic E-state index is 13.8. The Morgan fingerprint density at radius 1 is 1.12 bits per heavy atom. The zero-order valence-electron chi connectivity index (χ0n) is 17.5. The maximum Gasteiger partial charge on any atom is 0.315 e. The summed E-state index contributed by atoms with van der Waals surface area (Å²) >= 11 is 0. The number of carboxylic acid groups (broad SMARTS) is 1. The number of rotatable bonds is 3. The topological polar surface area (TPSA) is 71.7 Å². The molecule has 2 aliphatic rings. The number of fused-ring (bicyclic) bond motifs is 4. The number of alkyl halides is 2. The van der Waals surface area contributed by atoms with E-state index < -0.39 is 47.5 Å². The Hall–Kier alpha value is -3.00. The minimum absolute atomic E-state index is 0.0508. The van der Waals surface area contributed by atoms with Crippen molar-refractivity contribution in [3.05, 3.63) is 59.5 Å². The number of nitrogens with zero attached hydrogens (tertiary/aromatic N) is 1. The Morgan fingerprint density at radius 3 is 2.38 bits per heavy atom. The van der Waals surface area contributed by atoms with E-state index in [0.29, 0.717) is 22.2 Å². The summed E-state index contributed by atoms with van der Waals surface area (Å²) in [5, 5.41) is 20.8. The van der Waals surface area contributed by atoms with Crippen LogP contribution >= 0.6 is 0 Å². The van der Waals surface area contributed by atoms with Crippen molar-refractivity contribution in [1.82, 2.24) is 4.57 Å². The van der Waals surface area contributed by atoms with Crippen molar-refractivity contribution in [3.8, 4) is 11.4 Å². The minimum Gasteiger partial charge on any atom is -0.507 e. The molecule has 32 heavy (non-hydrogen) atoms. The van der Waals surface area contributed by atoms with Crippen LogP contribution in [-0.4, -0.2) is 33.8 Å². The van der Waals surface area contributed by atoms with Gasteiger partial charge in [0.05, 0.1) is 17.7 Å². The maximum absolute atomic E-state index is 13.8.